The summed E-state index contributed by atoms with van der Waals surface area (Å²) in [6.45, 7) is 15.2. The lowest BCUT2D eigenvalue weighted by molar-refractivity contribution is -0.245. The van der Waals surface area contributed by atoms with Crippen LogP contribution in [0.3, 0.4) is 0 Å². The summed E-state index contributed by atoms with van der Waals surface area (Å²) < 4.78 is 76.1. The maximum atomic E-state index is 14.6. The highest BCUT2D eigenvalue weighted by Crippen LogP contribution is 2.37. The minimum atomic E-state index is -2.47. The number of nitrogens with one attached hydrogen (secondary N) is 4. The molecule has 4 amide bonds. The number of nitrogens with two attached hydrogens (primary N) is 2. The monoisotopic (exact) mass is 1730 g/mol. The lowest BCUT2D eigenvalue weighted by Gasteiger charge is -2.40. The molecule has 0 radical (unpaired) electrons. The van der Waals surface area contributed by atoms with Crippen LogP contribution in [0.25, 0.3) is 33.3 Å². The number of rotatable bonds is 42. The average molecular weight is 1730 g/mol. The van der Waals surface area contributed by atoms with Gasteiger partial charge in [0, 0.05) is 120 Å². The minimum Gasteiger partial charge on any atom is -0.459 e. The van der Waals surface area contributed by atoms with E-state index in [0.29, 0.717) is 166 Å². The van der Waals surface area contributed by atoms with E-state index in [4.69, 9.17) is 78.1 Å². The van der Waals surface area contributed by atoms with E-state index >= 15 is 0 Å². The van der Waals surface area contributed by atoms with Gasteiger partial charge in [0.1, 0.15) is 59.7 Å². The van der Waals surface area contributed by atoms with Gasteiger partial charge in [-0.2, -0.15) is 5.10 Å². The number of H-pyrrole nitrogens is 1. The van der Waals surface area contributed by atoms with Crippen molar-refractivity contribution in [3.63, 3.8) is 0 Å². The predicted molar refractivity (Wildman–Crippen MR) is 453 cm³/mol. The van der Waals surface area contributed by atoms with Gasteiger partial charge >= 0.3 is 12.1 Å². The number of allylic oxidation sites excluding steroid dienone is 6. The summed E-state index contributed by atoms with van der Waals surface area (Å²) in [6, 6.07) is 1.70. The summed E-state index contributed by atoms with van der Waals surface area (Å²) in [4.78, 5) is 126. The standard InChI is InChI=1S/C87H132N12O24/c1-57-16-9-8-10-17-58(2)70(111-6)53-65-18-15-25-87(110,123-65)80(106)84(107)98-30-13-11-19-67(98)85(108)121-71(54-68(100)59(3)49-61(5)78(104)79(105)77(103)60(4)48-57)66(88)50-62-20-21-69(72(51-62)112-7)122-86(109)93-29-35-116-39-43-120-47-45-118-41-37-114-33-24-74(102)91-28-34-115-38-42-119-46-44-117-40-36-113-32-23-73(101)90-26-12-14-31-99-83-75(81(89)95-56-96-83)76(97-99)64-52-63-22-27-92-82(63)94-55-64/h8-10,16-17,22,27,49,52,55-57,59-60,62,65-67,69-72,78-79,104-105,110H,11-15,18-21,23-26,28-48,50-51,53-54,88H2,1-7H3,(H,90,101)(H,91,102)(H,92,94)(H,93,109)(H2,89,95,96)/b10-8?,16-9+,58-17?,61-49+/t57-,59-,60-,62+,65+,66-,67+,69-,70+,71+,72-,78-,79+,87-/m1/s1. The average Bonchev–Trinajstić information content (AvgIpc) is 1.63. The van der Waals surface area contributed by atoms with Crippen molar-refractivity contribution in [1.82, 2.24) is 50.6 Å². The number of pyridine rings is 1. The molecule has 36 heteroatoms. The first-order chi connectivity index (χ1) is 59.4. The molecule has 0 spiro atoms. The summed E-state index contributed by atoms with van der Waals surface area (Å²) in [5.74, 6) is -8.41. The van der Waals surface area contributed by atoms with Crippen LogP contribution in [0.1, 0.15) is 144 Å². The van der Waals surface area contributed by atoms with E-state index in [0.717, 1.165) is 39.9 Å². The molecule has 7 heterocycles. The van der Waals surface area contributed by atoms with Crippen LogP contribution in [-0.2, 0) is 102 Å². The van der Waals surface area contributed by atoms with E-state index in [9.17, 15) is 53.7 Å². The molecule has 36 nitrogen and oxygen atoms in total. The molecular formula is C87H132N12O24. The highest BCUT2D eigenvalue weighted by Gasteiger charge is 2.50. The number of nitrogen functional groups attached to an aromatic ring is 1. The molecular weight excluding hydrogens is 1600 g/mol. The lowest BCUT2D eigenvalue weighted by Crippen LogP contribution is -2.58. The fourth-order valence-corrected chi connectivity index (χ4v) is 15.4. The number of aromatic nitrogens is 6. The first-order valence-corrected chi connectivity index (χ1v) is 43.3. The van der Waals surface area contributed by atoms with Crippen molar-refractivity contribution >= 4 is 75.0 Å². The second-order valence-electron chi connectivity index (χ2n) is 31.8. The molecule has 11 N–H and O–H groups in total. The number of aliphatic hydroxyl groups is 3. The zero-order valence-corrected chi connectivity index (χ0v) is 72.5. The third-order valence-electron chi connectivity index (χ3n) is 22.3. The fraction of sp³-hybridized carbons (Fsp3) is 0.678. The van der Waals surface area contributed by atoms with Gasteiger partial charge in [0.25, 0.3) is 11.7 Å². The molecule has 1 saturated carbocycles. The van der Waals surface area contributed by atoms with Crippen molar-refractivity contribution in [3.05, 3.63) is 78.5 Å². The molecule has 8 rings (SSSR count). The van der Waals surface area contributed by atoms with E-state index in [2.05, 4.69) is 35.9 Å². The number of methoxy groups -OCH3 is 2. The van der Waals surface area contributed by atoms with Gasteiger partial charge in [0.05, 0.1) is 129 Å². The number of aliphatic hydroxyl groups excluding tert-OH is 2. The smallest absolute Gasteiger partial charge is 0.407 e. The molecule has 2 bridgehead atoms. The quantitative estimate of drug-likeness (QED) is 0.0113. The molecule has 3 aliphatic heterocycles. The molecule has 1 aliphatic carbocycles. The van der Waals surface area contributed by atoms with Crippen LogP contribution in [0.4, 0.5) is 10.6 Å². The summed E-state index contributed by atoms with van der Waals surface area (Å²) in [5, 5.41) is 49.2. The number of esters is 1. The van der Waals surface area contributed by atoms with Crippen LogP contribution in [0.2, 0.25) is 0 Å². The Balaban J connectivity index is 0.627. The number of amides is 4. The van der Waals surface area contributed by atoms with Crippen molar-refractivity contribution in [3.8, 4) is 11.3 Å². The Hall–Kier alpha value is -8.44. The Morgan fingerprint density at radius 3 is 2.00 bits per heavy atom. The lowest BCUT2D eigenvalue weighted by atomic mass is 9.80. The summed E-state index contributed by atoms with van der Waals surface area (Å²) in [5.41, 5.74) is 17.2. The van der Waals surface area contributed by atoms with Crippen LogP contribution < -0.4 is 27.4 Å². The number of ether oxygens (including phenoxy) is 13. The highest BCUT2D eigenvalue weighted by atomic mass is 16.6. The van der Waals surface area contributed by atoms with Gasteiger partial charge < -0.3 is 114 Å². The molecule has 0 aromatic carbocycles. The predicted octanol–water partition coefficient (Wildman–Crippen LogP) is 5.60. The zero-order valence-electron chi connectivity index (χ0n) is 72.5. The summed E-state index contributed by atoms with van der Waals surface area (Å²) in [6.07, 6.45) is 13.5. The van der Waals surface area contributed by atoms with Gasteiger partial charge in [-0.1, -0.05) is 57.2 Å². The number of alkyl carbamates (subject to hydrolysis) is 1. The highest BCUT2D eigenvalue weighted by molar-refractivity contribution is 6.39. The van der Waals surface area contributed by atoms with Gasteiger partial charge in [0.2, 0.25) is 17.6 Å². The van der Waals surface area contributed by atoms with Crippen molar-refractivity contribution in [2.75, 3.05) is 152 Å². The number of piperidine rings is 1. The largest absolute Gasteiger partial charge is 0.459 e. The second kappa shape index (κ2) is 53.8. The van der Waals surface area contributed by atoms with Crippen LogP contribution in [0.5, 0.6) is 0 Å². The summed E-state index contributed by atoms with van der Waals surface area (Å²) >= 11 is 0. The number of carbonyl (C=O) groups excluding carboxylic acids is 8. The third kappa shape index (κ3) is 33.1. The molecule has 4 aromatic heterocycles. The number of nitrogens with zero attached hydrogens (tertiary/aromatic N) is 6. The van der Waals surface area contributed by atoms with Crippen LogP contribution >= 0.6 is 0 Å². The van der Waals surface area contributed by atoms with E-state index in [-0.39, 0.29) is 114 Å². The molecule has 4 aliphatic rings. The number of Topliss-reactive ketones (excluding diaryl/α,β-unsaturated/α-hetero) is 3. The number of carbonyl (C=O) groups is 8. The fourth-order valence-electron chi connectivity index (χ4n) is 15.4. The van der Waals surface area contributed by atoms with Crippen molar-refractivity contribution in [2.45, 2.75) is 211 Å². The first-order valence-electron chi connectivity index (χ1n) is 43.3. The van der Waals surface area contributed by atoms with Gasteiger partial charge in [-0.05, 0) is 126 Å². The van der Waals surface area contributed by atoms with E-state index in [1.807, 2.05) is 67.2 Å². The Kier molecular flexibility index (Phi) is 43.7. The van der Waals surface area contributed by atoms with Crippen molar-refractivity contribution in [2.24, 2.45) is 29.4 Å². The number of hydrogen-bond acceptors (Lipinski definition) is 30. The third-order valence-corrected chi connectivity index (χ3v) is 22.3. The van der Waals surface area contributed by atoms with Gasteiger partial charge in [-0.25, -0.2) is 29.2 Å². The number of unbranched alkanes of at least 4 members (excludes halogenated alkanes) is 1. The molecule has 123 heavy (non-hydrogen) atoms. The normalized spacial score (nSPS) is 25.6. The Morgan fingerprint density at radius 2 is 1.34 bits per heavy atom. The SMILES string of the molecule is CO[C@H]1C[C@@H]2CCC[C@@](O)(O2)C(=O)C(=O)N2CCCC[C@H]2C(=O)O[C@H]([C@H](N)C[C@@H]2CC[C@@H](OC(=O)NCCOCCOCCOCCOCCC(=O)NCCOCCOCCOCCOCCC(=O)NCCCCn3nc(-c4cnc5[nH]ccc5c4)c4c(N)ncnc43)[C@H](OC)C2)CC(=O)[C@H](C)/C=C(\C)[C@@H](O)[C@@H](O)C(=O)[C@H](C)C[C@H](C)/C=C/C=CC=C1C. The Labute approximate surface area is 719 Å². The second-order valence-corrected chi connectivity index (χ2v) is 31.8. The van der Waals surface area contributed by atoms with Gasteiger partial charge in [-0.15, -0.1) is 0 Å². The Bertz CT molecular complexity index is 4080. The minimum absolute atomic E-state index is 0.0000306. The van der Waals surface area contributed by atoms with E-state index in [1.165, 1.54) is 26.4 Å². The molecule has 3 fully saturated rings. The van der Waals surface area contributed by atoms with Gasteiger partial charge in [0.15, 0.2) is 11.4 Å². The summed E-state index contributed by atoms with van der Waals surface area (Å²) in [7, 11) is 3.05. The molecule has 0 unspecified atom stereocenters. The molecule has 684 valence electrons. The number of anilines is 1. The van der Waals surface area contributed by atoms with Crippen LogP contribution in [0.15, 0.2) is 78.5 Å². The van der Waals surface area contributed by atoms with Crippen molar-refractivity contribution < 1.29 is 115 Å². The number of aromatic amines is 1. The number of hydrogen-bond donors (Lipinski definition) is 9. The van der Waals surface area contributed by atoms with Crippen LogP contribution in [0, 0.1) is 23.7 Å². The molecule has 2 saturated heterocycles. The van der Waals surface area contributed by atoms with E-state index in [1.54, 1.807) is 27.2 Å². The molecule has 4 aromatic rings. The zero-order chi connectivity index (χ0) is 88.5. The number of aryl methyl sites for hydroxylation is 1. The molecule has 14 atom stereocenters. The number of fused-ring (bicyclic) bond motifs is 5. The van der Waals surface area contributed by atoms with E-state index < -0.39 is 114 Å². The topological polar surface area (TPSA) is 481 Å². The first kappa shape index (κ1) is 100.0. The van der Waals surface area contributed by atoms with Crippen LogP contribution in [-0.4, -0.2) is 304 Å². The number of cyclic esters (lactones) is 1. The maximum Gasteiger partial charge on any atom is 0.407 e. The van der Waals surface area contributed by atoms with Gasteiger partial charge in [-0.3, -0.25) is 28.8 Å². The maximum absolute atomic E-state index is 14.6. The number of ketones is 3. The Morgan fingerprint density at radius 1 is 0.699 bits per heavy atom. The van der Waals surface area contributed by atoms with Crippen molar-refractivity contribution in [1.29, 1.82) is 0 Å².